The van der Waals surface area contributed by atoms with Gasteiger partial charge in [-0.15, -0.1) is 0 Å². The maximum Gasteiger partial charge on any atom is 0.337 e. The summed E-state index contributed by atoms with van der Waals surface area (Å²) in [5, 5.41) is 0. The maximum absolute atomic E-state index is 11.8. The molecule has 0 bridgehead atoms. The molecule has 0 aliphatic rings. The Labute approximate surface area is 167 Å². The third-order valence-electron chi connectivity index (χ3n) is 4.57. The van der Waals surface area contributed by atoms with Crippen molar-refractivity contribution in [3.8, 4) is 17.1 Å². The van der Waals surface area contributed by atoms with Crippen molar-refractivity contribution in [2.24, 2.45) is 0 Å². The zero-order valence-corrected chi connectivity index (χ0v) is 16.3. The van der Waals surface area contributed by atoms with E-state index in [1.807, 2.05) is 60.0 Å². The number of benzene rings is 1. The van der Waals surface area contributed by atoms with Gasteiger partial charge in [0.25, 0.3) is 0 Å². The topological polar surface area (TPSA) is 99.2 Å². The molecule has 0 aliphatic heterocycles. The van der Waals surface area contributed by atoms with Crippen molar-refractivity contribution < 1.29 is 9.53 Å². The van der Waals surface area contributed by atoms with Crippen LogP contribution >= 0.6 is 0 Å². The maximum atomic E-state index is 11.8. The van der Waals surface area contributed by atoms with Gasteiger partial charge in [0.1, 0.15) is 17.2 Å². The van der Waals surface area contributed by atoms with Crippen molar-refractivity contribution in [3.63, 3.8) is 0 Å². The summed E-state index contributed by atoms with van der Waals surface area (Å²) in [6.45, 7) is 0. The fraction of sp³-hybridized carbons (Fsp3) is 0.143. The number of esters is 1. The molecule has 4 aromatic rings. The number of anilines is 2. The predicted molar refractivity (Wildman–Crippen MR) is 112 cm³/mol. The minimum atomic E-state index is -0.392. The molecular formula is C21H20N6O2. The molecule has 0 saturated carbocycles. The molecule has 0 aliphatic carbocycles. The number of nitrogens with zero attached hydrogens (tertiary/aromatic N) is 5. The van der Waals surface area contributed by atoms with Crippen LogP contribution in [0.5, 0.6) is 0 Å². The molecule has 146 valence electrons. The van der Waals surface area contributed by atoms with E-state index in [0.29, 0.717) is 28.4 Å². The van der Waals surface area contributed by atoms with Crippen LogP contribution in [-0.2, 0) is 4.74 Å². The number of fused-ring (bicyclic) bond motifs is 1. The second-order valence-electron chi connectivity index (χ2n) is 6.65. The van der Waals surface area contributed by atoms with Crippen LogP contribution in [0.4, 0.5) is 11.6 Å². The van der Waals surface area contributed by atoms with E-state index in [9.17, 15) is 4.79 Å². The molecule has 0 spiro atoms. The second-order valence-corrected chi connectivity index (χ2v) is 6.65. The minimum Gasteiger partial charge on any atom is -0.465 e. The Morgan fingerprint density at radius 3 is 2.48 bits per heavy atom. The van der Waals surface area contributed by atoms with Gasteiger partial charge in [-0.05, 0) is 48.5 Å². The van der Waals surface area contributed by atoms with Gasteiger partial charge in [-0.1, -0.05) is 0 Å². The molecule has 8 nitrogen and oxygen atoms in total. The number of ether oxygens (including phenoxy) is 1. The van der Waals surface area contributed by atoms with Crippen LogP contribution in [0, 0.1) is 0 Å². The molecule has 3 heterocycles. The molecule has 29 heavy (non-hydrogen) atoms. The van der Waals surface area contributed by atoms with Crippen LogP contribution in [0.1, 0.15) is 10.4 Å². The molecule has 0 atom stereocenters. The summed E-state index contributed by atoms with van der Waals surface area (Å²) in [5.41, 5.74) is 9.49. The first-order valence-electron chi connectivity index (χ1n) is 8.96. The first kappa shape index (κ1) is 18.4. The van der Waals surface area contributed by atoms with Gasteiger partial charge in [-0.2, -0.15) is 0 Å². The molecule has 0 saturated heterocycles. The van der Waals surface area contributed by atoms with E-state index in [1.165, 1.54) is 7.11 Å². The smallest absolute Gasteiger partial charge is 0.337 e. The van der Waals surface area contributed by atoms with Gasteiger partial charge < -0.3 is 15.4 Å². The number of hydrogen-bond acceptors (Lipinski definition) is 7. The predicted octanol–water partition coefficient (Wildman–Crippen LogP) is 2.92. The Bertz CT molecular complexity index is 1200. The quantitative estimate of drug-likeness (QED) is 0.537. The molecule has 0 fully saturated rings. The van der Waals surface area contributed by atoms with Crippen molar-refractivity contribution in [2.75, 3.05) is 31.8 Å². The van der Waals surface area contributed by atoms with Gasteiger partial charge in [0.2, 0.25) is 0 Å². The van der Waals surface area contributed by atoms with Crippen LogP contribution in [0.3, 0.4) is 0 Å². The zero-order valence-electron chi connectivity index (χ0n) is 16.3. The van der Waals surface area contributed by atoms with E-state index in [0.717, 1.165) is 17.0 Å². The number of nitrogen functional groups attached to an aromatic ring is 1. The van der Waals surface area contributed by atoms with Crippen LogP contribution in [0.15, 0.2) is 54.7 Å². The SMILES string of the molecule is COC(=O)c1ccc(-n2c(-c3cccnc3N)nc3ccc(N(C)C)nc32)cc1. The molecule has 0 amide bonds. The summed E-state index contributed by atoms with van der Waals surface area (Å²) < 4.78 is 6.70. The Morgan fingerprint density at radius 2 is 1.83 bits per heavy atom. The number of methoxy groups -OCH3 is 1. The summed E-state index contributed by atoms with van der Waals surface area (Å²) in [4.78, 5) is 27.4. The van der Waals surface area contributed by atoms with E-state index >= 15 is 0 Å². The van der Waals surface area contributed by atoms with E-state index in [4.69, 9.17) is 20.4 Å². The Morgan fingerprint density at radius 1 is 1.07 bits per heavy atom. The molecule has 2 N–H and O–H groups in total. The Hall–Kier alpha value is -3.94. The standard InChI is InChI=1S/C21H20N6O2/c1-26(2)17-11-10-16-20(25-17)27(14-8-6-13(7-9-14)21(28)29-3)19(24-16)15-5-4-12-23-18(15)22/h4-12H,1-3H3,(H2,22,23). The minimum absolute atomic E-state index is 0.378. The van der Waals surface area contributed by atoms with Gasteiger partial charge >= 0.3 is 5.97 Å². The fourth-order valence-electron chi connectivity index (χ4n) is 3.09. The highest BCUT2D eigenvalue weighted by molar-refractivity contribution is 5.90. The van der Waals surface area contributed by atoms with Crippen LogP contribution in [-0.4, -0.2) is 46.7 Å². The van der Waals surface area contributed by atoms with Crippen molar-refractivity contribution in [2.45, 2.75) is 0 Å². The molecule has 4 rings (SSSR count). The number of carbonyl (C=O) groups excluding carboxylic acids is 1. The number of nitrogens with two attached hydrogens (primary N) is 1. The van der Waals surface area contributed by atoms with E-state index in [2.05, 4.69) is 4.98 Å². The normalized spacial score (nSPS) is 10.9. The lowest BCUT2D eigenvalue weighted by molar-refractivity contribution is 0.0601. The summed E-state index contributed by atoms with van der Waals surface area (Å²) >= 11 is 0. The fourth-order valence-corrected chi connectivity index (χ4v) is 3.09. The van der Waals surface area contributed by atoms with Gasteiger partial charge in [0, 0.05) is 26.0 Å². The average Bonchev–Trinajstić information content (AvgIpc) is 3.12. The Balaban J connectivity index is 1.98. The van der Waals surface area contributed by atoms with Crippen molar-refractivity contribution >= 4 is 28.8 Å². The lowest BCUT2D eigenvalue weighted by Crippen LogP contribution is -2.11. The molecule has 0 unspecified atom stereocenters. The first-order chi connectivity index (χ1) is 14.0. The van der Waals surface area contributed by atoms with E-state index in [-0.39, 0.29) is 0 Å². The average molecular weight is 388 g/mol. The highest BCUT2D eigenvalue weighted by atomic mass is 16.5. The van der Waals surface area contributed by atoms with Gasteiger partial charge in [-0.3, -0.25) is 4.57 Å². The number of hydrogen-bond donors (Lipinski definition) is 1. The van der Waals surface area contributed by atoms with E-state index < -0.39 is 5.97 Å². The highest BCUT2D eigenvalue weighted by Gasteiger charge is 2.19. The second kappa shape index (κ2) is 7.23. The first-order valence-corrected chi connectivity index (χ1v) is 8.96. The number of imidazole rings is 1. The van der Waals surface area contributed by atoms with Crippen molar-refractivity contribution in [1.29, 1.82) is 0 Å². The monoisotopic (exact) mass is 388 g/mol. The number of rotatable bonds is 4. The third kappa shape index (κ3) is 3.25. The van der Waals surface area contributed by atoms with E-state index in [1.54, 1.807) is 18.3 Å². The largest absolute Gasteiger partial charge is 0.465 e. The summed E-state index contributed by atoms with van der Waals surface area (Å²) in [6.07, 6.45) is 1.64. The van der Waals surface area contributed by atoms with Crippen molar-refractivity contribution in [1.82, 2.24) is 19.5 Å². The number of aromatic nitrogens is 4. The van der Waals surface area contributed by atoms with Crippen molar-refractivity contribution in [3.05, 3.63) is 60.3 Å². The lowest BCUT2D eigenvalue weighted by Gasteiger charge is -2.13. The molecule has 8 heteroatoms. The third-order valence-corrected chi connectivity index (χ3v) is 4.57. The van der Waals surface area contributed by atoms with Crippen LogP contribution < -0.4 is 10.6 Å². The van der Waals surface area contributed by atoms with Crippen LogP contribution in [0.25, 0.3) is 28.2 Å². The summed E-state index contributed by atoms with van der Waals surface area (Å²) in [5.74, 6) is 1.41. The summed E-state index contributed by atoms with van der Waals surface area (Å²) in [7, 11) is 5.22. The van der Waals surface area contributed by atoms with Gasteiger partial charge in [0.05, 0.1) is 18.2 Å². The Kier molecular flexibility index (Phi) is 4.59. The molecule has 1 aromatic carbocycles. The van der Waals surface area contributed by atoms with Gasteiger partial charge in [0.15, 0.2) is 11.5 Å². The number of pyridine rings is 2. The lowest BCUT2D eigenvalue weighted by atomic mass is 10.2. The van der Waals surface area contributed by atoms with Crippen LogP contribution in [0.2, 0.25) is 0 Å². The summed E-state index contributed by atoms with van der Waals surface area (Å²) in [6, 6.07) is 14.6. The molecule has 0 radical (unpaired) electrons. The molecular weight excluding hydrogens is 368 g/mol. The highest BCUT2D eigenvalue weighted by Crippen LogP contribution is 2.31. The number of carbonyl (C=O) groups is 1. The zero-order chi connectivity index (χ0) is 20.5. The molecule has 3 aromatic heterocycles. The van der Waals surface area contributed by atoms with Gasteiger partial charge in [-0.25, -0.2) is 19.7 Å².